The van der Waals surface area contributed by atoms with Gasteiger partial charge in [-0.15, -0.1) is 0 Å². The molecule has 1 fully saturated rings. The predicted octanol–water partition coefficient (Wildman–Crippen LogP) is 4.67. The number of rotatable bonds is 3. The van der Waals surface area contributed by atoms with Gasteiger partial charge in [0.05, 0.1) is 6.10 Å². The Kier molecular flexibility index (Phi) is 3.82. The maximum atomic E-state index is 10.5. The van der Waals surface area contributed by atoms with Gasteiger partial charge in [-0.2, -0.15) is 0 Å². The highest BCUT2D eigenvalue weighted by Gasteiger charge is 2.28. The summed E-state index contributed by atoms with van der Waals surface area (Å²) < 4.78 is 0. The normalized spacial score (nSPS) is 20.3. The lowest BCUT2D eigenvalue weighted by Crippen LogP contribution is -2.24. The third-order valence-corrected chi connectivity index (χ3v) is 4.67. The Hall–Kier alpha value is -0.820. The van der Waals surface area contributed by atoms with Crippen molar-refractivity contribution in [2.45, 2.75) is 59.0 Å². The number of benzene rings is 1. The van der Waals surface area contributed by atoms with E-state index in [1.54, 1.807) is 0 Å². The molecule has 1 saturated carbocycles. The average molecular weight is 246 g/mol. The van der Waals surface area contributed by atoms with E-state index in [2.05, 4.69) is 52.0 Å². The Labute approximate surface area is 111 Å². The molecule has 2 rings (SSSR count). The first-order chi connectivity index (χ1) is 8.39. The molecule has 1 heteroatoms. The van der Waals surface area contributed by atoms with Crippen LogP contribution in [0.1, 0.15) is 70.1 Å². The SMILES string of the molecule is CC(C(O)c1cccc(C2CCC2)c1)C(C)(C)C. The van der Waals surface area contributed by atoms with Gasteiger partial charge in [0, 0.05) is 0 Å². The zero-order chi connectivity index (χ0) is 13.3. The lowest BCUT2D eigenvalue weighted by atomic mass is 9.75. The van der Waals surface area contributed by atoms with Gasteiger partial charge in [-0.05, 0) is 41.2 Å². The van der Waals surface area contributed by atoms with Crippen molar-refractivity contribution in [1.82, 2.24) is 0 Å². The van der Waals surface area contributed by atoms with Gasteiger partial charge >= 0.3 is 0 Å². The van der Waals surface area contributed by atoms with Crippen molar-refractivity contribution < 1.29 is 5.11 Å². The number of hydrogen-bond donors (Lipinski definition) is 1. The van der Waals surface area contributed by atoms with E-state index in [-0.39, 0.29) is 17.4 Å². The zero-order valence-corrected chi connectivity index (χ0v) is 12.1. The van der Waals surface area contributed by atoms with E-state index in [1.807, 2.05) is 0 Å². The highest BCUT2D eigenvalue weighted by atomic mass is 16.3. The molecule has 0 spiro atoms. The minimum atomic E-state index is -0.356. The van der Waals surface area contributed by atoms with E-state index >= 15 is 0 Å². The Bertz CT molecular complexity index is 398. The molecule has 1 aliphatic carbocycles. The van der Waals surface area contributed by atoms with Crippen LogP contribution in [-0.2, 0) is 0 Å². The fourth-order valence-electron chi connectivity index (χ4n) is 2.50. The van der Waals surface area contributed by atoms with Gasteiger partial charge < -0.3 is 5.11 Å². The van der Waals surface area contributed by atoms with Crippen molar-refractivity contribution in [3.8, 4) is 0 Å². The minimum absolute atomic E-state index is 0.131. The second-order valence-electron chi connectivity index (χ2n) is 6.90. The summed E-state index contributed by atoms with van der Waals surface area (Å²) in [6, 6.07) is 8.59. The van der Waals surface area contributed by atoms with Gasteiger partial charge in [-0.1, -0.05) is 58.4 Å². The van der Waals surface area contributed by atoms with Crippen LogP contribution in [0.2, 0.25) is 0 Å². The van der Waals surface area contributed by atoms with Gasteiger partial charge in [0.1, 0.15) is 0 Å². The van der Waals surface area contributed by atoms with Crippen molar-refractivity contribution in [3.05, 3.63) is 35.4 Å². The second kappa shape index (κ2) is 5.05. The standard InChI is InChI=1S/C17H26O/c1-12(17(2,3)4)16(18)15-10-6-9-14(11-15)13-7-5-8-13/h6,9-13,16,18H,5,7-8H2,1-4H3. The van der Waals surface area contributed by atoms with E-state index in [0.29, 0.717) is 0 Å². The van der Waals surface area contributed by atoms with Crippen LogP contribution >= 0.6 is 0 Å². The minimum Gasteiger partial charge on any atom is -0.388 e. The highest BCUT2D eigenvalue weighted by Crippen LogP contribution is 2.39. The predicted molar refractivity (Wildman–Crippen MR) is 76.6 cm³/mol. The van der Waals surface area contributed by atoms with Crippen LogP contribution in [0.15, 0.2) is 24.3 Å². The third kappa shape index (κ3) is 2.77. The highest BCUT2D eigenvalue weighted by molar-refractivity contribution is 5.29. The topological polar surface area (TPSA) is 20.2 Å². The van der Waals surface area contributed by atoms with E-state index in [1.165, 1.54) is 24.8 Å². The van der Waals surface area contributed by atoms with E-state index in [9.17, 15) is 5.11 Å². The van der Waals surface area contributed by atoms with Crippen LogP contribution in [0.4, 0.5) is 0 Å². The molecule has 18 heavy (non-hydrogen) atoms. The Morgan fingerprint density at radius 3 is 2.39 bits per heavy atom. The molecule has 0 saturated heterocycles. The molecular weight excluding hydrogens is 220 g/mol. The fraction of sp³-hybridized carbons (Fsp3) is 0.647. The third-order valence-electron chi connectivity index (χ3n) is 4.67. The average Bonchev–Trinajstić information content (AvgIpc) is 2.24. The summed E-state index contributed by atoms with van der Waals surface area (Å²) in [6.07, 6.45) is 3.63. The first-order valence-corrected chi connectivity index (χ1v) is 7.17. The molecular formula is C17H26O. The summed E-state index contributed by atoms with van der Waals surface area (Å²) in [5, 5.41) is 10.5. The monoisotopic (exact) mass is 246 g/mol. The lowest BCUT2D eigenvalue weighted by Gasteiger charge is -2.32. The van der Waals surface area contributed by atoms with Crippen molar-refractivity contribution in [2.24, 2.45) is 11.3 Å². The maximum Gasteiger partial charge on any atom is 0.0820 e. The van der Waals surface area contributed by atoms with Crippen LogP contribution < -0.4 is 0 Å². The van der Waals surface area contributed by atoms with E-state index in [0.717, 1.165) is 11.5 Å². The van der Waals surface area contributed by atoms with Crippen LogP contribution in [0, 0.1) is 11.3 Å². The molecule has 0 heterocycles. The molecule has 0 amide bonds. The summed E-state index contributed by atoms with van der Waals surface area (Å²) in [5.74, 6) is 0.997. The number of hydrogen-bond acceptors (Lipinski definition) is 1. The maximum absolute atomic E-state index is 10.5. The molecule has 1 nitrogen and oxygen atoms in total. The van der Waals surface area contributed by atoms with Crippen LogP contribution in [0.5, 0.6) is 0 Å². The summed E-state index contributed by atoms with van der Waals surface area (Å²) in [4.78, 5) is 0. The molecule has 1 aromatic rings. The van der Waals surface area contributed by atoms with Crippen molar-refractivity contribution in [2.75, 3.05) is 0 Å². The molecule has 1 aliphatic rings. The van der Waals surface area contributed by atoms with Gasteiger partial charge in [0.25, 0.3) is 0 Å². The van der Waals surface area contributed by atoms with Crippen molar-refractivity contribution >= 4 is 0 Å². The smallest absolute Gasteiger partial charge is 0.0820 e. The first-order valence-electron chi connectivity index (χ1n) is 7.17. The van der Waals surface area contributed by atoms with Gasteiger partial charge in [0.15, 0.2) is 0 Å². The summed E-state index contributed by atoms with van der Waals surface area (Å²) in [6.45, 7) is 8.71. The Balaban J connectivity index is 2.17. The van der Waals surface area contributed by atoms with E-state index in [4.69, 9.17) is 0 Å². The largest absolute Gasteiger partial charge is 0.388 e. The van der Waals surface area contributed by atoms with Gasteiger partial charge in [0.2, 0.25) is 0 Å². The summed E-state index contributed by atoms with van der Waals surface area (Å²) in [7, 11) is 0. The molecule has 0 bridgehead atoms. The molecule has 2 atom stereocenters. The lowest BCUT2D eigenvalue weighted by molar-refractivity contribution is 0.0534. The van der Waals surface area contributed by atoms with Crippen LogP contribution in [0.3, 0.4) is 0 Å². The molecule has 0 aromatic heterocycles. The molecule has 100 valence electrons. The second-order valence-corrected chi connectivity index (χ2v) is 6.90. The van der Waals surface area contributed by atoms with Crippen molar-refractivity contribution in [3.63, 3.8) is 0 Å². The Morgan fingerprint density at radius 1 is 1.22 bits per heavy atom. The summed E-state index contributed by atoms with van der Waals surface area (Å²) >= 11 is 0. The van der Waals surface area contributed by atoms with Crippen LogP contribution in [0.25, 0.3) is 0 Å². The van der Waals surface area contributed by atoms with Gasteiger partial charge in [-0.3, -0.25) is 0 Å². The zero-order valence-electron chi connectivity index (χ0n) is 12.1. The Morgan fingerprint density at radius 2 is 1.89 bits per heavy atom. The first kappa shape index (κ1) is 13.6. The van der Waals surface area contributed by atoms with Crippen molar-refractivity contribution in [1.29, 1.82) is 0 Å². The fourth-order valence-corrected chi connectivity index (χ4v) is 2.50. The molecule has 0 radical (unpaired) electrons. The quantitative estimate of drug-likeness (QED) is 0.821. The number of aliphatic hydroxyl groups is 1. The molecule has 0 aliphatic heterocycles. The molecule has 1 N–H and O–H groups in total. The summed E-state index contributed by atoms with van der Waals surface area (Å²) in [5.41, 5.74) is 2.63. The van der Waals surface area contributed by atoms with Gasteiger partial charge in [-0.25, -0.2) is 0 Å². The molecule has 1 aromatic carbocycles. The number of aliphatic hydroxyl groups excluding tert-OH is 1. The van der Waals surface area contributed by atoms with E-state index < -0.39 is 0 Å². The molecule has 2 unspecified atom stereocenters. The van der Waals surface area contributed by atoms with Crippen LogP contribution in [-0.4, -0.2) is 5.11 Å².